The molecular formula is C26H30BrN3O3. The number of carbonyl (C=O) groups is 1. The molecule has 0 aliphatic rings. The van der Waals surface area contributed by atoms with Gasteiger partial charge >= 0.3 is 5.97 Å². The largest absolute Gasteiger partial charge is 0.479 e. The third-order valence-corrected chi connectivity index (χ3v) is 6.13. The second-order valence-electron chi connectivity index (χ2n) is 7.95. The average molecular weight is 512 g/mol. The molecule has 2 aromatic carbocycles. The Labute approximate surface area is 203 Å². The number of carboxylic acid groups (broad SMARTS) is 1. The predicted molar refractivity (Wildman–Crippen MR) is 134 cm³/mol. The maximum atomic E-state index is 11.1. The van der Waals surface area contributed by atoms with E-state index in [2.05, 4.69) is 68.9 Å². The smallest absolute Gasteiger partial charge is 0.344 e. The Morgan fingerprint density at radius 3 is 2.18 bits per heavy atom. The highest BCUT2D eigenvalue weighted by atomic mass is 79.9. The molecule has 7 heteroatoms. The molecule has 6 nitrogen and oxygen atoms in total. The fourth-order valence-electron chi connectivity index (χ4n) is 3.34. The number of aryl methyl sites for hydroxylation is 2. The lowest BCUT2D eigenvalue weighted by Gasteiger charge is -2.23. The highest BCUT2D eigenvalue weighted by Gasteiger charge is 2.15. The van der Waals surface area contributed by atoms with Gasteiger partial charge in [0, 0.05) is 25.5 Å². The highest BCUT2D eigenvalue weighted by Crippen LogP contribution is 2.27. The van der Waals surface area contributed by atoms with Crippen molar-refractivity contribution in [3.05, 3.63) is 81.6 Å². The van der Waals surface area contributed by atoms with Crippen LogP contribution >= 0.6 is 15.9 Å². The summed E-state index contributed by atoms with van der Waals surface area (Å²) >= 11 is 3.50. The van der Waals surface area contributed by atoms with E-state index in [9.17, 15) is 4.79 Å². The first-order valence-corrected chi connectivity index (χ1v) is 12.0. The monoisotopic (exact) mass is 511 g/mol. The maximum absolute atomic E-state index is 11.1. The number of aliphatic carboxylic acids is 1. The van der Waals surface area contributed by atoms with Gasteiger partial charge in [0.05, 0.1) is 4.47 Å². The van der Waals surface area contributed by atoms with Crippen molar-refractivity contribution in [3.63, 3.8) is 0 Å². The molecule has 1 aromatic heterocycles. The van der Waals surface area contributed by atoms with Gasteiger partial charge in [0.2, 0.25) is 5.95 Å². The lowest BCUT2D eigenvalue weighted by molar-refractivity contribution is -0.144. The van der Waals surface area contributed by atoms with Crippen molar-refractivity contribution in [2.45, 2.75) is 52.7 Å². The minimum absolute atomic E-state index is 0.514. The predicted octanol–water partition coefficient (Wildman–Crippen LogP) is 5.47. The van der Waals surface area contributed by atoms with Gasteiger partial charge in [0.15, 0.2) is 6.10 Å². The van der Waals surface area contributed by atoms with E-state index in [1.54, 1.807) is 6.07 Å². The van der Waals surface area contributed by atoms with E-state index in [0.717, 1.165) is 41.4 Å². The van der Waals surface area contributed by atoms with Crippen molar-refractivity contribution in [2.75, 3.05) is 11.4 Å². The second kappa shape index (κ2) is 11.8. The van der Waals surface area contributed by atoms with Gasteiger partial charge in [-0.25, -0.2) is 14.8 Å². The number of aromatic nitrogens is 2. The number of rotatable bonds is 11. The molecule has 1 heterocycles. The van der Waals surface area contributed by atoms with Gasteiger partial charge in [-0.2, -0.15) is 0 Å². The molecular weight excluding hydrogens is 482 g/mol. The van der Waals surface area contributed by atoms with Crippen molar-refractivity contribution in [1.82, 2.24) is 9.97 Å². The summed E-state index contributed by atoms with van der Waals surface area (Å²) in [6.07, 6.45) is 5.57. The molecule has 33 heavy (non-hydrogen) atoms. The number of ether oxygens (including phenoxy) is 1. The van der Waals surface area contributed by atoms with Crippen LogP contribution in [-0.2, 0) is 30.6 Å². The number of nitrogens with zero attached hydrogens (tertiary/aromatic N) is 3. The lowest BCUT2D eigenvalue weighted by atomic mass is 10.1. The van der Waals surface area contributed by atoms with Crippen molar-refractivity contribution in [3.8, 4) is 5.75 Å². The van der Waals surface area contributed by atoms with E-state index in [1.165, 1.54) is 18.1 Å². The van der Waals surface area contributed by atoms with E-state index in [0.29, 0.717) is 18.2 Å². The first-order valence-electron chi connectivity index (χ1n) is 11.2. The fraction of sp³-hybridized carbons (Fsp3) is 0.346. The molecule has 3 aromatic rings. The van der Waals surface area contributed by atoms with Gasteiger partial charge in [0.25, 0.3) is 0 Å². The third kappa shape index (κ3) is 7.02. The third-order valence-electron chi connectivity index (χ3n) is 5.51. The van der Waals surface area contributed by atoms with Crippen LogP contribution in [-0.4, -0.2) is 33.7 Å². The maximum Gasteiger partial charge on any atom is 0.344 e. The number of hydrogen-bond acceptors (Lipinski definition) is 5. The van der Waals surface area contributed by atoms with Crippen LogP contribution in [0.3, 0.4) is 0 Å². The van der Waals surface area contributed by atoms with Gasteiger partial charge in [0.1, 0.15) is 5.75 Å². The molecule has 0 aliphatic heterocycles. The van der Waals surface area contributed by atoms with Gasteiger partial charge in [-0.05, 0) is 76.5 Å². The first-order chi connectivity index (χ1) is 15.9. The Kier molecular flexibility index (Phi) is 8.83. The zero-order valence-corrected chi connectivity index (χ0v) is 20.9. The lowest BCUT2D eigenvalue weighted by Crippen LogP contribution is -2.27. The molecule has 0 amide bonds. The molecule has 0 bridgehead atoms. The number of carboxylic acids is 1. The Morgan fingerprint density at radius 2 is 1.61 bits per heavy atom. The zero-order chi connectivity index (χ0) is 23.8. The number of anilines is 1. The quantitative estimate of drug-likeness (QED) is 0.368. The number of hydrogen-bond donors (Lipinski definition) is 1. The molecule has 1 N–H and O–H groups in total. The normalized spacial score (nSPS) is 11.8. The van der Waals surface area contributed by atoms with Crippen LogP contribution in [0, 0.1) is 0 Å². The summed E-state index contributed by atoms with van der Waals surface area (Å²) in [5, 5.41) is 9.07. The second-order valence-corrected chi connectivity index (χ2v) is 8.80. The van der Waals surface area contributed by atoms with E-state index >= 15 is 0 Å². The van der Waals surface area contributed by atoms with Crippen molar-refractivity contribution in [2.24, 2.45) is 0 Å². The fourth-order valence-corrected chi connectivity index (χ4v) is 3.86. The summed E-state index contributed by atoms with van der Waals surface area (Å²) in [5.41, 5.74) is 4.75. The van der Waals surface area contributed by atoms with Crippen LogP contribution < -0.4 is 9.64 Å². The molecule has 0 aliphatic carbocycles. The van der Waals surface area contributed by atoms with Crippen LogP contribution in [0.2, 0.25) is 0 Å². The van der Waals surface area contributed by atoms with Crippen LogP contribution in [0.4, 0.5) is 5.95 Å². The SMILES string of the molecule is CCc1ccc(CN(CCc2ccc(OC(C)C(=O)O)c(Br)c2)c2ncc(CC)cn2)cc1. The Balaban J connectivity index is 1.74. The van der Waals surface area contributed by atoms with Crippen LogP contribution in [0.25, 0.3) is 0 Å². The van der Waals surface area contributed by atoms with E-state index in [1.807, 2.05) is 24.5 Å². The molecule has 174 valence electrons. The summed E-state index contributed by atoms with van der Waals surface area (Å²) in [4.78, 5) is 22.5. The van der Waals surface area contributed by atoms with Gasteiger partial charge in [-0.1, -0.05) is 44.2 Å². The summed E-state index contributed by atoms with van der Waals surface area (Å²) in [7, 11) is 0. The zero-order valence-electron chi connectivity index (χ0n) is 19.3. The van der Waals surface area contributed by atoms with Gasteiger partial charge in [-0.15, -0.1) is 0 Å². The Bertz CT molecular complexity index is 1060. The molecule has 1 atom stereocenters. The minimum Gasteiger partial charge on any atom is -0.479 e. The first kappa shape index (κ1) is 24.7. The van der Waals surface area contributed by atoms with Crippen LogP contribution in [0.15, 0.2) is 59.3 Å². The standard InChI is InChI=1S/C26H30BrN3O3/c1-4-19-6-8-22(9-7-19)17-30(26-28-15-20(5-2)16-29-26)13-12-21-10-11-24(23(27)14-21)33-18(3)25(31)32/h6-11,14-16,18H,4-5,12-13,17H2,1-3H3,(H,31,32). The van der Waals surface area contributed by atoms with E-state index in [4.69, 9.17) is 9.84 Å². The molecule has 1 unspecified atom stereocenters. The van der Waals surface area contributed by atoms with Gasteiger partial charge < -0.3 is 14.7 Å². The van der Waals surface area contributed by atoms with Crippen LogP contribution in [0.1, 0.15) is 43.0 Å². The van der Waals surface area contributed by atoms with E-state index < -0.39 is 12.1 Å². The summed E-state index contributed by atoms with van der Waals surface area (Å²) in [5.74, 6) is 0.226. The molecule has 0 fully saturated rings. The summed E-state index contributed by atoms with van der Waals surface area (Å²) in [6, 6.07) is 14.4. The van der Waals surface area contributed by atoms with Crippen LogP contribution in [0.5, 0.6) is 5.75 Å². The Hall–Kier alpha value is -2.93. The summed E-state index contributed by atoms with van der Waals surface area (Å²) < 4.78 is 6.23. The van der Waals surface area contributed by atoms with E-state index in [-0.39, 0.29) is 0 Å². The van der Waals surface area contributed by atoms with Gasteiger partial charge in [-0.3, -0.25) is 0 Å². The molecule has 0 saturated heterocycles. The molecule has 3 rings (SSSR count). The molecule has 0 spiro atoms. The molecule has 0 saturated carbocycles. The van der Waals surface area contributed by atoms with Crippen molar-refractivity contribution in [1.29, 1.82) is 0 Å². The average Bonchev–Trinajstić information content (AvgIpc) is 2.83. The van der Waals surface area contributed by atoms with Crippen molar-refractivity contribution >= 4 is 27.8 Å². The minimum atomic E-state index is -0.998. The van der Waals surface area contributed by atoms with Crippen molar-refractivity contribution < 1.29 is 14.6 Å². The number of benzene rings is 2. The highest BCUT2D eigenvalue weighted by molar-refractivity contribution is 9.10. The Morgan fingerprint density at radius 1 is 1.00 bits per heavy atom. The molecule has 0 radical (unpaired) electrons. The summed E-state index contributed by atoms with van der Waals surface area (Å²) in [6.45, 7) is 7.21. The topological polar surface area (TPSA) is 75.5 Å². The number of halogens is 1.